The van der Waals surface area contributed by atoms with Gasteiger partial charge in [-0.25, -0.2) is 0 Å². The first kappa shape index (κ1) is 14.6. The Morgan fingerprint density at radius 3 is 2.47 bits per heavy atom. The number of nitrogens with two attached hydrogens (primary N) is 1. The van der Waals surface area contributed by atoms with Gasteiger partial charge in [0.25, 0.3) is 0 Å². The van der Waals surface area contributed by atoms with Gasteiger partial charge in [-0.05, 0) is 46.7 Å². The third-order valence-corrected chi connectivity index (χ3v) is 4.36. The van der Waals surface area contributed by atoms with Crippen molar-refractivity contribution in [1.29, 1.82) is 0 Å². The van der Waals surface area contributed by atoms with Gasteiger partial charge in [0.1, 0.15) is 5.76 Å². The number of furan rings is 1. The molecule has 0 radical (unpaired) electrons. The number of nitrogens with zero attached hydrogens (tertiary/aromatic N) is 1. The molecule has 0 amide bonds. The summed E-state index contributed by atoms with van der Waals surface area (Å²) >= 11 is 0. The Bertz CT molecular complexity index is 406. The van der Waals surface area contributed by atoms with Crippen molar-refractivity contribution in [2.24, 2.45) is 5.73 Å². The van der Waals surface area contributed by atoms with E-state index < -0.39 is 0 Å². The minimum Gasteiger partial charge on any atom is -0.469 e. The van der Waals surface area contributed by atoms with Gasteiger partial charge >= 0.3 is 0 Å². The lowest BCUT2D eigenvalue weighted by Crippen LogP contribution is -2.58. The molecule has 0 spiro atoms. The molecule has 0 aromatic carbocycles. The fourth-order valence-electron chi connectivity index (χ4n) is 3.28. The molecule has 2 rings (SSSR count). The van der Waals surface area contributed by atoms with Crippen LogP contribution in [0.2, 0.25) is 0 Å². The summed E-state index contributed by atoms with van der Waals surface area (Å²) in [4.78, 5) is 2.38. The van der Waals surface area contributed by atoms with Gasteiger partial charge in [-0.3, -0.25) is 4.90 Å². The van der Waals surface area contributed by atoms with Gasteiger partial charge in [0.05, 0.1) is 18.5 Å². The van der Waals surface area contributed by atoms with E-state index >= 15 is 0 Å². The molecule has 4 nitrogen and oxygen atoms in total. The van der Waals surface area contributed by atoms with Gasteiger partial charge in [-0.2, -0.15) is 0 Å². The SMILES string of the molecule is Cc1occc1CN(C)C1(CN)CC(C)OC(C)C1. The lowest BCUT2D eigenvalue weighted by molar-refractivity contribution is -0.0994. The van der Waals surface area contributed by atoms with Crippen LogP contribution in [0.3, 0.4) is 0 Å². The van der Waals surface area contributed by atoms with E-state index in [1.165, 1.54) is 5.56 Å². The number of aryl methyl sites for hydroxylation is 1. The highest BCUT2D eigenvalue weighted by Gasteiger charge is 2.40. The highest BCUT2D eigenvalue weighted by molar-refractivity contribution is 5.16. The van der Waals surface area contributed by atoms with E-state index in [-0.39, 0.29) is 17.7 Å². The second-order valence-electron chi connectivity index (χ2n) is 5.95. The zero-order chi connectivity index (χ0) is 14.0. The number of hydrogen-bond donors (Lipinski definition) is 1. The van der Waals surface area contributed by atoms with Crippen molar-refractivity contribution in [1.82, 2.24) is 4.90 Å². The molecule has 0 bridgehead atoms. The summed E-state index contributed by atoms with van der Waals surface area (Å²) in [6.45, 7) is 7.82. The topological polar surface area (TPSA) is 51.6 Å². The molecule has 1 aliphatic rings. The molecular weight excluding hydrogens is 240 g/mol. The first-order chi connectivity index (χ1) is 8.97. The molecule has 2 unspecified atom stereocenters. The summed E-state index contributed by atoms with van der Waals surface area (Å²) in [6.07, 6.45) is 4.26. The number of likely N-dealkylation sites (N-methyl/N-ethyl adjacent to an activating group) is 1. The van der Waals surface area contributed by atoms with E-state index in [0.29, 0.717) is 6.54 Å². The predicted octanol–water partition coefficient (Wildman–Crippen LogP) is 2.30. The van der Waals surface area contributed by atoms with Crippen LogP contribution < -0.4 is 5.73 Å². The maximum Gasteiger partial charge on any atom is 0.105 e. The van der Waals surface area contributed by atoms with Crippen LogP contribution in [0.25, 0.3) is 0 Å². The van der Waals surface area contributed by atoms with Gasteiger partial charge in [0, 0.05) is 24.2 Å². The van der Waals surface area contributed by atoms with Gasteiger partial charge in [-0.15, -0.1) is 0 Å². The maximum absolute atomic E-state index is 6.11. The van der Waals surface area contributed by atoms with Gasteiger partial charge in [0.2, 0.25) is 0 Å². The third-order valence-electron chi connectivity index (χ3n) is 4.36. The Labute approximate surface area is 115 Å². The van der Waals surface area contributed by atoms with E-state index in [1.54, 1.807) is 6.26 Å². The molecule has 2 atom stereocenters. The number of rotatable bonds is 4. The smallest absolute Gasteiger partial charge is 0.105 e. The molecule has 1 aromatic heterocycles. The number of ether oxygens (including phenoxy) is 1. The molecule has 1 fully saturated rings. The summed E-state index contributed by atoms with van der Waals surface area (Å²) in [7, 11) is 2.16. The molecular formula is C15H26N2O2. The lowest BCUT2D eigenvalue weighted by Gasteiger charge is -2.48. The first-order valence-electron chi connectivity index (χ1n) is 7.06. The minimum atomic E-state index is 0.0286. The average molecular weight is 266 g/mol. The summed E-state index contributed by atoms with van der Waals surface area (Å²) < 4.78 is 11.2. The van der Waals surface area contributed by atoms with Crippen LogP contribution >= 0.6 is 0 Å². The Morgan fingerprint density at radius 1 is 1.37 bits per heavy atom. The Kier molecular flexibility index (Phi) is 4.33. The standard InChI is InChI=1S/C15H26N2O2/c1-11-7-15(10-16,8-12(2)19-11)17(4)9-14-5-6-18-13(14)3/h5-6,11-12H,7-10,16H2,1-4H3. The Hall–Kier alpha value is -0.840. The molecule has 4 heteroatoms. The van der Waals surface area contributed by atoms with Crippen molar-refractivity contribution in [3.8, 4) is 0 Å². The Balaban J connectivity index is 2.14. The fraction of sp³-hybridized carbons (Fsp3) is 0.733. The van der Waals surface area contributed by atoms with Crippen LogP contribution in [0.5, 0.6) is 0 Å². The second kappa shape index (κ2) is 5.65. The van der Waals surface area contributed by atoms with Crippen LogP contribution in [0.4, 0.5) is 0 Å². The summed E-state index contributed by atoms with van der Waals surface area (Å²) in [6, 6.07) is 2.04. The molecule has 0 saturated carbocycles. The van der Waals surface area contributed by atoms with E-state index in [1.807, 2.05) is 13.0 Å². The van der Waals surface area contributed by atoms with Crippen molar-refractivity contribution in [2.45, 2.75) is 57.9 Å². The lowest BCUT2D eigenvalue weighted by atomic mass is 9.82. The van der Waals surface area contributed by atoms with Gasteiger partial charge in [-0.1, -0.05) is 0 Å². The van der Waals surface area contributed by atoms with Crippen molar-refractivity contribution in [3.05, 3.63) is 23.7 Å². The predicted molar refractivity (Wildman–Crippen MR) is 75.9 cm³/mol. The van der Waals surface area contributed by atoms with E-state index in [9.17, 15) is 0 Å². The molecule has 19 heavy (non-hydrogen) atoms. The largest absolute Gasteiger partial charge is 0.469 e. The van der Waals surface area contributed by atoms with Crippen LogP contribution in [0, 0.1) is 6.92 Å². The zero-order valence-corrected chi connectivity index (χ0v) is 12.5. The highest BCUT2D eigenvalue weighted by Crippen LogP contribution is 2.33. The quantitative estimate of drug-likeness (QED) is 0.908. The molecule has 1 aliphatic heterocycles. The summed E-state index contributed by atoms with van der Waals surface area (Å²) in [5, 5.41) is 0. The maximum atomic E-state index is 6.11. The molecule has 1 aromatic rings. The molecule has 2 heterocycles. The first-order valence-corrected chi connectivity index (χ1v) is 7.06. The van der Waals surface area contributed by atoms with Crippen LogP contribution in [-0.2, 0) is 11.3 Å². The Morgan fingerprint density at radius 2 is 2.00 bits per heavy atom. The fourth-order valence-corrected chi connectivity index (χ4v) is 3.28. The molecule has 2 N–H and O–H groups in total. The third kappa shape index (κ3) is 3.02. The summed E-state index contributed by atoms with van der Waals surface area (Å²) in [5.74, 6) is 0.993. The normalized spacial score (nSPS) is 31.9. The van der Waals surface area contributed by atoms with Crippen molar-refractivity contribution in [3.63, 3.8) is 0 Å². The zero-order valence-electron chi connectivity index (χ0n) is 12.5. The van der Waals surface area contributed by atoms with Crippen LogP contribution in [-0.4, -0.2) is 36.2 Å². The molecule has 0 aliphatic carbocycles. The number of hydrogen-bond acceptors (Lipinski definition) is 4. The minimum absolute atomic E-state index is 0.0286. The van der Waals surface area contributed by atoms with Gasteiger partial charge in [0.15, 0.2) is 0 Å². The van der Waals surface area contributed by atoms with Crippen LogP contribution in [0.15, 0.2) is 16.7 Å². The van der Waals surface area contributed by atoms with Crippen LogP contribution in [0.1, 0.15) is 38.0 Å². The van der Waals surface area contributed by atoms with E-state index in [0.717, 1.165) is 25.1 Å². The van der Waals surface area contributed by atoms with Crippen molar-refractivity contribution >= 4 is 0 Å². The monoisotopic (exact) mass is 266 g/mol. The second-order valence-corrected chi connectivity index (χ2v) is 5.95. The molecule has 1 saturated heterocycles. The molecule has 108 valence electrons. The van der Waals surface area contributed by atoms with Gasteiger partial charge < -0.3 is 14.9 Å². The average Bonchev–Trinajstić information content (AvgIpc) is 2.73. The van der Waals surface area contributed by atoms with Crippen molar-refractivity contribution in [2.75, 3.05) is 13.6 Å². The van der Waals surface area contributed by atoms with E-state index in [4.69, 9.17) is 14.9 Å². The van der Waals surface area contributed by atoms with E-state index in [2.05, 4.69) is 25.8 Å². The summed E-state index contributed by atoms with van der Waals surface area (Å²) in [5.41, 5.74) is 7.38. The highest BCUT2D eigenvalue weighted by atomic mass is 16.5. The van der Waals surface area contributed by atoms with Crippen molar-refractivity contribution < 1.29 is 9.15 Å².